The van der Waals surface area contributed by atoms with Gasteiger partial charge in [0.1, 0.15) is 9.96 Å². The summed E-state index contributed by atoms with van der Waals surface area (Å²) in [5.74, 6) is 0.769. The molecule has 19 heavy (non-hydrogen) atoms. The monoisotopic (exact) mass is 298 g/mol. The maximum atomic E-state index is 11.0. The molecule has 0 fully saturated rings. The fraction of sp³-hybridized carbons (Fsp3) is 0.231. The van der Waals surface area contributed by atoms with Gasteiger partial charge in [0, 0.05) is 4.88 Å². The highest BCUT2D eigenvalue weighted by Crippen LogP contribution is 2.31. The minimum atomic E-state index is -4.12. The highest BCUT2D eigenvalue weighted by atomic mass is 32.3. The molecule has 0 saturated carbocycles. The first-order valence-electron chi connectivity index (χ1n) is 5.70. The van der Waals surface area contributed by atoms with Gasteiger partial charge in [-0.3, -0.25) is 4.55 Å². The molecule has 0 saturated heterocycles. The summed E-state index contributed by atoms with van der Waals surface area (Å²) in [5.41, 5.74) is 0.885. The molecule has 0 unspecified atom stereocenters. The molecule has 0 aliphatic carbocycles. The van der Waals surface area contributed by atoms with Crippen molar-refractivity contribution in [3.8, 4) is 16.2 Å². The van der Waals surface area contributed by atoms with Crippen molar-refractivity contribution in [1.29, 1.82) is 0 Å². The Morgan fingerprint density at radius 3 is 2.21 bits per heavy atom. The number of benzene rings is 1. The zero-order valence-electron chi connectivity index (χ0n) is 10.5. The zero-order chi connectivity index (χ0) is 14.0. The predicted octanol–water partition coefficient (Wildman–Crippen LogP) is 3.45. The Labute approximate surface area is 116 Å². The van der Waals surface area contributed by atoms with Gasteiger partial charge in [0.05, 0.1) is 6.10 Å². The molecule has 6 heteroatoms. The van der Waals surface area contributed by atoms with Crippen LogP contribution < -0.4 is 4.74 Å². The van der Waals surface area contributed by atoms with Gasteiger partial charge >= 0.3 is 10.1 Å². The Balaban J connectivity index is 2.25. The van der Waals surface area contributed by atoms with Gasteiger partial charge < -0.3 is 4.74 Å². The highest BCUT2D eigenvalue weighted by molar-refractivity contribution is 7.88. The lowest BCUT2D eigenvalue weighted by molar-refractivity contribution is 0.242. The molecular weight excluding hydrogens is 284 g/mol. The largest absolute Gasteiger partial charge is 0.491 e. The van der Waals surface area contributed by atoms with E-state index in [1.165, 1.54) is 6.07 Å². The minimum absolute atomic E-state index is 0.0509. The molecule has 0 atom stereocenters. The van der Waals surface area contributed by atoms with Gasteiger partial charge in [-0.1, -0.05) is 0 Å². The first-order chi connectivity index (χ1) is 8.86. The van der Waals surface area contributed by atoms with E-state index in [0.29, 0.717) is 0 Å². The molecule has 0 aliphatic rings. The van der Waals surface area contributed by atoms with Crippen LogP contribution in [0.5, 0.6) is 5.75 Å². The van der Waals surface area contributed by atoms with Gasteiger partial charge in [-0.05, 0) is 55.8 Å². The van der Waals surface area contributed by atoms with Crippen molar-refractivity contribution in [1.82, 2.24) is 0 Å². The molecule has 2 rings (SSSR count). The van der Waals surface area contributed by atoms with Gasteiger partial charge in [0.25, 0.3) is 0 Å². The zero-order valence-corrected chi connectivity index (χ0v) is 12.2. The second-order valence-corrected chi connectivity index (χ2v) is 7.02. The third-order valence-corrected chi connectivity index (χ3v) is 4.80. The van der Waals surface area contributed by atoms with Crippen LogP contribution in [0.25, 0.3) is 10.4 Å². The first-order valence-corrected chi connectivity index (χ1v) is 7.96. The Morgan fingerprint density at radius 1 is 1.11 bits per heavy atom. The van der Waals surface area contributed by atoms with Crippen molar-refractivity contribution in [3.63, 3.8) is 0 Å². The lowest BCUT2D eigenvalue weighted by Crippen LogP contribution is -2.04. The smallest absolute Gasteiger partial charge is 0.304 e. The predicted molar refractivity (Wildman–Crippen MR) is 75.3 cm³/mol. The molecule has 0 spiro atoms. The summed E-state index contributed by atoms with van der Waals surface area (Å²) in [5, 5.41) is 0. The molecule has 0 aliphatic heterocycles. The van der Waals surface area contributed by atoms with Gasteiger partial charge in [0.15, 0.2) is 0 Å². The molecule has 102 valence electrons. The van der Waals surface area contributed by atoms with E-state index in [-0.39, 0.29) is 10.3 Å². The molecular formula is C13H14O4S2. The van der Waals surface area contributed by atoms with Crippen molar-refractivity contribution in [2.75, 3.05) is 0 Å². The van der Waals surface area contributed by atoms with Crippen LogP contribution >= 0.6 is 11.3 Å². The van der Waals surface area contributed by atoms with Crippen molar-refractivity contribution in [2.45, 2.75) is 24.2 Å². The second-order valence-electron chi connectivity index (χ2n) is 4.28. The number of thiophene rings is 1. The van der Waals surface area contributed by atoms with E-state index in [0.717, 1.165) is 27.5 Å². The van der Waals surface area contributed by atoms with E-state index in [2.05, 4.69) is 0 Å². The van der Waals surface area contributed by atoms with Crippen LogP contribution in [-0.4, -0.2) is 19.1 Å². The van der Waals surface area contributed by atoms with Gasteiger partial charge in [-0.25, -0.2) is 0 Å². The summed E-state index contributed by atoms with van der Waals surface area (Å²) in [6.45, 7) is 3.90. The van der Waals surface area contributed by atoms with E-state index in [1.54, 1.807) is 6.07 Å². The van der Waals surface area contributed by atoms with Gasteiger partial charge in [-0.15, -0.1) is 11.3 Å². The summed E-state index contributed by atoms with van der Waals surface area (Å²) in [7, 11) is -4.12. The van der Waals surface area contributed by atoms with E-state index < -0.39 is 10.1 Å². The van der Waals surface area contributed by atoms with E-state index in [4.69, 9.17) is 9.29 Å². The Bertz CT molecular complexity index is 654. The van der Waals surface area contributed by atoms with Gasteiger partial charge in [0.2, 0.25) is 0 Å². The molecule has 1 aromatic heterocycles. The molecule has 1 heterocycles. The maximum absolute atomic E-state index is 11.0. The molecule has 4 nitrogen and oxygen atoms in total. The van der Waals surface area contributed by atoms with Crippen LogP contribution in [0.4, 0.5) is 0 Å². The summed E-state index contributed by atoms with van der Waals surface area (Å²) in [6.07, 6.45) is 0.110. The Kier molecular flexibility index (Phi) is 3.93. The number of hydrogen-bond acceptors (Lipinski definition) is 4. The Morgan fingerprint density at radius 2 is 1.74 bits per heavy atom. The van der Waals surface area contributed by atoms with Crippen LogP contribution in [0.3, 0.4) is 0 Å². The van der Waals surface area contributed by atoms with Crippen molar-refractivity contribution >= 4 is 21.5 Å². The number of hydrogen-bond donors (Lipinski definition) is 1. The summed E-state index contributed by atoms with van der Waals surface area (Å²) >= 11 is 1.03. The number of ether oxygens (including phenoxy) is 1. The fourth-order valence-corrected chi connectivity index (χ4v) is 3.26. The Hall–Kier alpha value is -1.37. The van der Waals surface area contributed by atoms with E-state index in [9.17, 15) is 8.42 Å². The molecule has 0 bridgehead atoms. The van der Waals surface area contributed by atoms with Crippen LogP contribution in [0.15, 0.2) is 40.6 Å². The highest BCUT2D eigenvalue weighted by Gasteiger charge is 2.13. The topological polar surface area (TPSA) is 63.6 Å². The van der Waals surface area contributed by atoms with Crippen molar-refractivity contribution < 1.29 is 17.7 Å². The average molecular weight is 298 g/mol. The SMILES string of the molecule is CC(C)Oc1ccc(-c2ccc(S(=O)(=O)O)s2)cc1. The minimum Gasteiger partial charge on any atom is -0.491 e. The quantitative estimate of drug-likeness (QED) is 0.878. The number of rotatable bonds is 4. The fourth-order valence-electron chi connectivity index (χ4n) is 1.58. The molecule has 0 amide bonds. The molecule has 1 N–H and O–H groups in total. The summed E-state index contributed by atoms with van der Waals surface area (Å²) in [6, 6.07) is 10.5. The summed E-state index contributed by atoms with van der Waals surface area (Å²) < 4.78 is 36.4. The lowest BCUT2D eigenvalue weighted by Gasteiger charge is -2.09. The summed E-state index contributed by atoms with van der Waals surface area (Å²) in [4.78, 5) is 0.781. The van der Waals surface area contributed by atoms with Crippen LogP contribution in [-0.2, 0) is 10.1 Å². The van der Waals surface area contributed by atoms with E-state index >= 15 is 0 Å². The first kappa shape index (κ1) is 14.0. The molecule has 0 radical (unpaired) electrons. The standard InChI is InChI=1S/C13H14O4S2/c1-9(2)17-11-5-3-10(4-6-11)12-7-8-13(18-12)19(14,15)16/h3-9H,1-2H3,(H,14,15,16). The van der Waals surface area contributed by atoms with E-state index in [1.807, 2.05) is 38.1 Å². The molecule has 2 aromatic rings. The van der Waals surface area contributed by atoms with Crippen molar-refractivity contribution in [3.05, 3.63) is 36.4 Å². The van der Waals surface area contributed by atoms with Crippen LogP contribution in [0.2, 0.25) is 0 Å². The lowest BCUT2D eigenvalue weighted by atomic mass is 10.2. The van der Waals surface area contributed by atoms with Gasteiger partial charge in [-0.2, -0.15) is 8.42 Å². The normalized spacial score (nSPS) is 11.8. The average Bonchev–Trinajstić information content (AvgIpc) is 2.78. The third-order valence-electron chi connectivity index (χ3n) is 2.35. The maximum Gasteiger partial charge on any atom is 0.304 e. The third kappa shape index (κ3) is 3.56. The van der Waals surface area contributed by atoms with Crippen molar-refractivity contribution in [2.24, 2.45) is 0 Å². The van der Waals surface area contributed by atoms with Crippen LogP contribution in [0, 0.1) is 0 Å². The molecule has 1 aromatic carbocycles. The second kappa shape index (κ2) is 5.32. The van der Waals surface area contributed by atoms with Crippen LogP contribution in [0.1, 0.15) is 13.8 Å².